The first-order valence-electron chi connectivity index (χ1n) is 7.59. The van der Waals surface area contributed by atoms with Gasteiger partial charge in [-0.2, -0.15) is 0 Å². The Kier molecular flexibility index (Phi) is 3.46. The van der Waals surface area contributed by atoms with Crippen LogP contribution in [0, 0.1) is 9.88 Å². The SMILES string of the molecule is CCOc1ccc(-n2c(=O)c3[nH]c4ccccc4sc=3c2=O)cc1. The number of fused-ring (bicyclic) bond motifs is 1. The molecule has 5 nitrogen and oxygen atoms in total. The van der Waals surface area contributed by atoms with Gasteiger partial charge in [-0.1, -0.05) is 12.1 Å². The van der Waals surface area contributed by atoms with Gasteiger partial charge < -0.3 is 9.72 Å². The average Bonchev–Trinajstić information content (AvgIpc) is 2.85. The van der Waals surface area contributed by atoms with Crippen LogP contribution in [0.15, 0.2) is 58.1 Å². The second-order valence-electron chi connectivity index (χ2n) is 5.30. The lowest BCUT2D eigenvalue weighted by Gasteiger charge is -2.04. The summed E-state index contributed by atoms with van der Waals surface area (Å²) < 4.78 is 7.97. The monoisotopic (exact) mass is 338 g/mol. The number of hydrogen-bond acceptors (Lipinski definition) is 4. The fourth-order valence-corrected chi connectivity index (χ4v) is 3.73. The molecule has 0 atom stereocenters. The first kappa shape index (κ1) is 14.7. The minimum absolute atomic E-state index is 0.300. The highest BCUT2D eigenvalue weighted by Crippen LogP contribution is 2.17. The van der Waals surface area contributed by atoms with Crippen molar-refractivity contribution in [3.05, 3.63) is 79.1 Å². The largest absolute Gasteiger partial charge is 0.494 e. The third-order valence-electron chi connectivity index (χ3n) is 3.81. The van der Waals surface area contributed by atoms with Crippen LogP contribution in [0.1, 0.15) is 6.92 Å². The summed E-state index contributed by atoms with van der Waals surface area (Å²) in [6, 6.07) is 14.6. The minimum Gasteiger partial charge on any atom is -0.494 e. The molecule has 1 N–H and O–H groups in total. The summed E-state index contributed by atoms with van der Waals surface area (Å²) in [5, 5.41) is 0.345. The van der Waals surface area contributed by atoms with E-state index in [4.69, 9.17) is 4.74 Å². The molecule has 120 valence electrons. The molecule has 4 rings (SSSR count). The second-order valence-corrected chi connectivity index (χ2v) is 6.35. The predicted molar refractivity (Wildman–Crippen MR) is 94.5 cm³/mol. The first-order valence-corrected chi connectivity index (χ1v) is 8.40. The zero-order valence-electron chi connectivity index (χ0n) is 12.9. The lowest BCUT2D eigenvalue weighted by molar-refractivity contribution is 0.340. The van der Waals surface area contributed by atoms with Crippen LogP contribution in [0.5, 0.6) is 5.75 Å². The van der Waals surface area contributed by atoms with E-state index in [9.17, 15) is 9.59 Å². The van der Waals surface area contributed by atoms with E-state index in [1.165, 1.54) is 15.9 Å². The summed E-state index contributed by atoms with van der Waals surface area (Å²) in [6.45, 7) is 2.47. The molecule has 2 aromatic carbocycles. The Bertz CT molecular complexity index is 1130. The van der Waals surface area contributed by atoms with Gasteiger partial charge in [-0.15, -0.1) is 11.3 Å². The van der Waals surface area contributed by atoms with Crippen LogP contribution in [-0.4, -0.2) is 16.2 Å². The van der Waals surface area contributed by atoms with Crippen LogP contribution < -0.4 is 15.9 Å². The Morgan fingerprint density at radius 1 is 1.04 bits per heavy atom. The number of rotatable bonds is 3. The third-order valence-corrected chi connectivity index (χ3v) is 4.96. The number of aromatic nitrogens is 2. The summed E-state index contributed by atoms with van der Waals surface area (Å²) in [4.78, 5) is 28.5. The van der Waals surface area contributed by atoms with Gasteiger partial charge in [0.15, 0.2) is 0 Å². The molecule has 0 saturated carbocycles. The molecule has 2 heterocycles. The smallest absolute Gasteiger partial charge is 0.283 e. The van der Waals surface area contributed by atoms with Gasteiger partial charge in [0.2, 0.25) is 0 Å². The van der Waals surface area contributed by atoms with Gasteiger partial charge >= 0.3 is 0 Å². The number of nitrogens with zero attached hydrogens (tertiary/aromatic N) is 1. The Hall–Kier alpha value is -2.86. The van der Waals surface area contributed by atoms with Crippen molar-refractivity contribution in [2.24, 2.45) is 0 Å². The molecular formula is C18H14N2O3S. The molecule has 0 saturated heterocycles. The van der Waals surface area contributed by atoms with Crippen LogP contribution >= 0.6 is 11.3 Å². The highest BCUT2D eigenvalue weighted by Gasteiger charge is 2.13. The van der Waals surface area contributed by atoms with Crippen molar-refractivity contribution >= 4 is 21.6 Å². The van der Waals surface area contributed by atoms with E-state index in [0.717, 1.165) is 10.2 Å². The van der Waals surface area contributed by atoms with Crippen LogP contribution in [0.2, 0.25) is 0 Å². The number of nitrogens with one attached hydrogen (secondary N) is 1. The van der Waals surface area contributed by atoms with Gasteiger partial charge in [0.1, 0.15) is 15.6 Å². The summed E-state index contributed by atoms with van der Waals surface area (Å²) in [5.41, 5.74) is 0.748. The molecule has 0 aromatic heterocycles. The number of para-hydroxylation sites is 1. The van der Waals surface area contributed by atoms with Gasteiger partial charge in [0.25, 0.3) is 11.1 Å². The minimum atomic E-state index is -0.332. The van der Waals surface area contributed by atoms with E-state index < -0.39 is 0 Å². The van der Waals surface area contributed by atoms with Crippen LogP contribution in [-0.2, 0) is 0 Å². The fourth-order valence-electron chi connectivity index (χ4n) is 2.71. The van der Waals surface area contributed by atoms with Crippen LogP contribution in [0.4, 0.5) is 0 Å². The molecule has 0 bridgehead atoms. The molecule has 2 aromatic rings. The van der Waals surface area contributed by atoms with Crippen molar-refractivity contribution < 1.29 is 4.74 Å². The Labute approximate surface area is 140 Å². The fraction of sp³-hybridized carbons (Fsp3) is 0.111. The van der Waals surface area contributed by atoms with Gasteiger partial charge in [0.05, 0.1) is 22.5 Å². The van der Waals surface area contributed by atoms with Gasteiger partial charge in [-0.3, -0.25) is 9.59 Å². The molecule has 0 amide bonds. The second kappa shape index (κ2) is 5.65. The highest BCUT2D eigenvalue weighted by molar-refractivity contribution is 7.16. The first-order chi connectivity index (χ1) is 11.7. The molecule has 2 aliphatic heterocycles. The van der Waals surface area contributed by atoms with E-state index in [1.807, 2.05) is 31.2 Å². The van der Waals surface area contributed by atoms with E-state index in [-0.39, 0.29) is 11.1 Å². The maximum atomic E-state index is 12.7. The van der Waals surface area contributed by atoms with Crippen molar-refractivity contribution in [3.63, 3.8) is 0 Å². The molecule has 0 aliphatic carbocycles. The van der Waals surface area contributed by atoms with E-state index in [1.54, 1.807) is 24.3 Å². The summed E-state index contributed by atoms with van der Waals surface area (Å²) in [6.07, 6.45) is 0. The number of ether oxygens (including phenoxy) is 1. The van der Waals surface area contributed by atoms with Crippen molar-refractivity contribution in [1.29, 1.82) is 0 Å². The number of benzene rings is 2. The van der Waals surface area contributed by atoms with Crippen LogP contribution in [0.25, 0.3) is 15.9 Å². The maximum absolute atomic E-state index is 12.7. The van der Waals surface area contributed by atoms with E-state index in [0.29, 0.717) is 27.9 Å². The summed E-state index contributed by atoms with van der Waals surface area (Å²) in [7, 11) is 0. The molecule has 2 aliphatic rings. The lowest BCUT2D eigenvalue weighted by atomic mass is 10.3. The quantitative estimate of drug-likeness (QED) is 0.625. The van der Waals surface area contributed by atoms with Gasteiger partial charge in [0, 0.05) is 0 Å². The summed E-state index contributed by atoms with van der Waals surface area (Å²) in [5.74, 6) is 0.706. The molecular weight excluding hydrogens is 324 g/mol. The number of aromatic amines is 1. The Morgan fingerprint density at radius 3 is 2.54 bits per heavy atom. The average molecular weight is 338 g/mol. The van der Waals surface area contributed by atoms with E-state index >= 15 is 0 Å². The maximum Gasteiger partial charge on any atom is 0.283 e. The normalized spacial score (nSPS) is 11.2. The van der Waals surface area contributed by atoms with Crippen molar-refractivity contribution in [2.45, 2.75) is 6.92 Å². The van der Waals surface area contributed by atoms with E-state index in [2.05, 4.69) is 4.98 Å². The van der Waals surface area contributed by atoms with Gasteiger partial charge in [-0.25, -0.2) is 4.57 Å². The van der Waals surface area contributed by atoms with Gasteiger partial charge in [-0.05, 0) is 43.3 Å². The number of hydrogen-bond donors (Lipinski definition) is 1. The zero-order valence-corrected chi connectivity index (χ0v) is 13.7. The molecule has 6 heteroatoms. The van der Waals surface area contributed by atoms with Crippen molar-refractivity contribution in [1.82, 2.24) is 9.55 Å². The molecule has 0 spiro atoms. The Morgan fingerprint density at radius 2 is 1.79 bits per heavy atom. The van der Waals surface area contributed by atoms with Crippen molar-refractivity contribution in [3.8, 4) is 11.4 Å². The molecule has 0 unspecified atom stereocenters. The molecule has 24 heavy (non-hydrogen) atoms. The zero-order chi connectivity index (χ0) is 16.7. The molecule has 0 radical (unpaired) electrons. The third kappa shape index (κ3) is 2.23. The predicted octanol–water partition coefficient (Wildman–Crippen LogP) is 2.86. The summed E-state index contributed by atoms with van der Waals surface area (Å²) >= 11 is 1.33. The molecule has 0 fully saturated rings. The Balaban J connectivity index is 1.98. The van der Waals surface area contributed by atoms with Crippen LogP contribution in [0.3, 0.4) is 0 Å². The standard InChI is InChI=1S/C18H14N2O3S/c1-2-23-12-9-7-11(8-10-12)20-17(21)15-16(18(20)22)24-14-6-4-3-5-13(14)19-15/h3-10,19H,2H2,1H3. The number of H-pyrrole nitrogens is 1. The highest BCUT2D eigenvalue weighted by atomic mass is 32.1. The lowest BCUT2D eigenvalue weighted by Crippen LogP contribution is -2.24. The van der Waals surface area contributed by atoms with Crippen molar-refractivity contribution in [2.75, 3.05) is 6.61 Å². The topological polar surface area (TPSA) is 64.1 Å².